The molecule has 0 unspecified atom stereocenters. The Kier molecular flexibility index (Phi) is 9.26. The first-order chi connectivity index (χ1) is 16.5. The highest BCUT2D eigenvalue weighted by Crippen LogP contribution is 2.39. The van der Waals surface area contributed by atoms with Crippen molar-refractivity contribution in [3.63, 3.8) is 0 Å². The lowest BCUT2D eigenvalue weighted by molar-refractivity contribution is -0.384. The van der Waals surface area contributed by atoms with E-state index in [0.717, 1.165) is 8.72 Å². The molecule has 1 heterocycles. The minimum atomic E-state index is -3.76. The van der Waals surface area contributed by atoms with E-state index in [-0.39, 0.29) is 30.0 Å². The van der Waals surface area contributed by atoms with Gasteiger partial charge in [0.15, 0.2) is 8.32 Å². The number of likely N-dealkylation sites (tertiary alicyclic amines) is 1. The van der Waals surface area contributed by atoms with Crippen LogP contribution in [0.15, 0.2) is 29.4 Å². The van der Waals surface area contributed by atoms with Crippen LogP contribution < -0.4 is 0 Å². The molecule has 1 aromatic rings. The summed E-state index contributed by atoms with van der Waals surface area (Å²) >= 11 is 0. The maximum absolute atomic E-state index is 13.0. The summed E-state index contributed by atoms with van der Waals surface area (Å²) in [5, 5.41) is 14.9. The lowest BCUT2D eigenvalue weighted by Crippen LogP contribution is -2.44. The van der Waals surface area contributed by atoms with E-state index in [1.165, 1.54) is 56.5 Å². The van der Waals surface area contributed by atoms with Gasteiger partial charge in [-0.1, -0.05) is 20.8 Å². The third-order valence-corrected chi connectivity index (χ3v) is 12.7. The highest BCUT2D eigenvalue weighted by atomic mass is 32.2. The lowest BCUT2D eigenvalue weighted by Gasteiger charge is -2.38. The van der Waals surface area contributed by atoms with Gasteiger partial charge >= 0.3 is 16.3 Å². The molecule has 0 aromatic heterocycles. The van der Waals surface area contributed by atoms with Crippen molar-refractivity contribution in [1.29, 1.82) is 0 Å². The van der Waals surface area contributed by atoms with Crippen molar-refractivity contribution in [3.05, 3.63) is 39.9 Å². The van der Waals surface area contributed by atoms with Gasteiger partial charge in [-0.25, -0.2) is 4.79 Å². The number of nitrogens with zero attached hydrogens (tertiary/aromatic N) is 5. The standard InChI is InChI=1S/C22H37N5O7SSi/c1-22(2,3)36(7,8)34-20-13-19(14-23-25(6)35(31,32)24(4)5)26(15-20)21(28)33-16-17-9-11-18(12-10-17)27(29)30/h9-12,14,19-20H,13,15-16H2,1-8H3/t19-,20+/m0/s1. The maximum atomic E-state index is 13.0. The van der Waals surface area contributed by atoms with Crippen molar-refractivity contribution in [2.75, 3.05) is 27.7 Å². The van der Waals surface area contributed by atoms with Gasteiger partial charge in [0.1, 0.15) is 6.61 Å². The molecule has 12 nitrogen and oxygen atoms in total. The zero-order valence-electron chi connectivity index (χ0n) is 22.2. The largest absolute Gasteiger partial charge is 0.445 e. The molecule has 36 heavy (non-hydrogen) atoms. The van der Waals surface area contributed by atoms with Crippen molar-refractivity contribution in [2.24, 2.45) is 5.10 Å². The molecule has 1 aliphatic heterocycles. The van der Waals surface area contributed by atoms with E-state index in [2.05, 4.69) is 39.0 Å². The number of hydrogen-bond acceptors (Lipinski definition) is 8. The molecule has 0 saturated carbocycles. The Hall–Kier alpha value is -2.55. The van der Waals surface area contributed by atoms with Gasteiger partial charge in [-0.3, -0.25) is 15.0 Å². The van der Waals surface area contributed by atoms with Crippen LogP contribution >= 0.6 is 0 Å². The average molecular weight is 544 g/mol. The van der Waals surface area contributed by atoms with E-state index in [4.69, 9.17) is 9.16 Å². The number of rotatable bonds is 9. The number of ether oxygens (including phenoxy) is 1. The molecule has 1 aromatic carbocycles. The van der Waals surface area contributed by atoms with Gasteiger partial charge < -0.3 is 9.16 Å². The first-order valence-electron chi connectivity index (χ1n) is 11.5. The van der Waals surface area contributed by atoms with Gasteiger partial charge in [-0.15, -0.1) is 0 Å². The molecule has 202 valence electrons. The van der Waals surface area contributed by atoms with Gasteiger partial charge in [0, 0.05) is 46.0 Å². The number of nitro groups is 1. The molecule has 0 bridgehead atoms. The van der Waals surface area contributed by atoms with E-state index in [1.54, 1.807) is 0 Å². The minimum Gasteiger partial charge on any atom is -0.445 e. The molecular weight excluding hydrogens is 506 g/mol. The molecule has 0 spiro atoms. The maximum Gasteiger partial charge on any atom is 0.410 e. The fourth-order valence-corrected chi connectivity index (χ4v) is 5.27. The van der Waals surface area contributed by atoms with Crippen molar-refractivity contribution in [1.82, 2.24) is 13.6 Å². The van der Waals surface area contributed by atoms with Crippen LogP contribution in [0.1, 0.15) is 32.8 Å². The number of non-ortho nitro benzene ring substituents is 1. The van der Waals surface area contributed by atoms with Crippen LogP contribution in [0.25, 0.3) is 0 Å². The van der Waals surface area contributed by atoms with Gasteiger partial charge in [-0.2, -0.15) is 22.2 Å². The predicted molar refractivity (Wildman–Crippen MR) is 139 cm³/mol. The van der Waals surface area contributed by atoms with Crippen LogP contribution in [0.2, 0.25) is 18.1 Å². The molecule has 0 radical (unpaired) electrons. The summed E-state index contributed by atoms with van der Waals surface area (Å²) in [5.41, 5.74) is 0.549. The van der Waals surface area contributed by atoms with Crippen LogP contribution in [0.4, 0.5) is 10.5 Å². The smallest absolute Gasteiger partial charge is 0.410 e. The summed E-state index contributed by atoms with van der Waals surface area (Å²) in [7, 11) is -1.76. The molecule has 1 amide bonds. The Morgan fingerprint density at radius 2 is 1.83 bits per heavy atom. The van der Waals surface area contributed by atoms with Crippen molar-refractivity contribution < 1.29 is 27.3 Å². The summed E-state index contributed by atoms with van der Waals surface area (Å²) < 4.78 is 38.5. The van der Waals surface area contributed by atoms with Crippen LogP contribution in [0, 0.1) is 10.1 Å². The zero-order chi connectivity index (χ0) is 27.5. The molecular formula is C22H37N5O7SSi. The first kappa shape index (κ1) is 29.7. The second-order valence-electron chi connectivity index (χ2n) is 10.4. The van der Waals surface area contributed by atoms with E-state index < -0.39 is 35.6 Å². The second-order valence-corrected chi connectivity index (χ2v) is 17.3. The van der Waals surface area contributed by atoms with E-state index in [0.29, 0.717) is 12.0 Å². The Morgan fingerprint density at radius 1 is 1.25 bits per heavy atom. The topological polar surface area (TPSA) is 135 Å². The molecule has 2 atom stereocenters. The summed E-state index contributed by atoms with van der Waals surface area (Å²) in [6, 6.07) is 5.21. The monoisotopic (exact) mass is 543 g/mol. The van der Waals surface area contributed by atoms with E-state index >= 15 is 0 Å². The third-order valence-electron chi connectivity index (χ3n) is 6.51. The van der Waals surface area contributed by atoms with Crippen LogP contribution in [0.3, 0.4) is 0 Å². The fourth-order valence-electron chi connectivity index (χ4n) is 3.26. The lowest BCUT2D eigenvalue weighted by atomic mass is 10.2. The molecule has 1 fully saturated rings. The average Bonchev–Trinajstić information content (AvgIpc) is 3.17. The minimum absolute atomic E-state index is 0.0273. The molecule has 14 heteroatoms. The highest BCUT2D eigenvalue weighted by molar-refractivity contribution is 7.86. The first-order valence-corrected chi connectivity index (χ1v) is 15.8. The quantitative estimate of drug-likeness (QED) is 0.201. The summed E-state index contributed by atoms with van der Waals surface area (Å²) in [4.78, 5) is 24.8. The summed E-state index contributed by atoms with van der Waals surface area (Å²) in [5.74, 6) is 0. The SMILES string of the molecule is CN(C)S(=O)(=O)N(C)N=C[C@@H]1C[C@@H](O[Si](C)(C)C(C)(C)C)CN1C(=O)OCc1ccc([N+](=O)[O-])cc1. The number of carbonyl (C=O) groups excluding carboxylic acids is 1. The van der Waals surface area contributed by atoms with Gasteiger partial charge in [0.05, 0.1) is 17.1 Å². The van der Waals surface area contributed by atoms with E-state index in [9.17, 15) is 23.3 Å². The Morgan fingerprint density at radius 3 is 2.33 bits per heavy atom. The zero-order valence-corrected chi connectivity index (χ0v) is 24.0. The third kappa shape index (κ3) is 7.24. The molecule has 1 aliphatic rings. The number of hydrazone groups is 1. The predicted octanol–water partition coefficient (Wildman–Crippen LogP) is 3.42. The van der Waals surface area contributed by atoms with Crippen molar-refractivity contribution >= 4 is 36.5 Å². The Bertz CT molecular complexity index is 1070. The molecule has 2 rings (SSSR count). The number of benzene rings is 1. The van der Waals surface area contributed by atoms with Gasteiger partial charge in [-0.05, 0) is 42.2 Å². The number of hydrogen-bond donors (Lipinski definition) is 0. The van der Waals surface area contributed by atoms with Crippen LogP contribution in [0.5, 0.6) is 0 Å². The molecule has 0 N–H and O–H groups in total. The fraction of sp³-hybridized carbons (Fsp3) is 0.636. The van der Waals surface area contributed by atoms with Crippen molar-refractivity contribution in [2.45, 2.75) is 64.1 Å². The number of carbonyl (C=O) groups is 1. The van der Waals surface area contributed by atoms with E-state index in [1.807, 2.05) is 0 Å². The van der Waals surface area contributed by atoms with Gasteiger partial charge in [0.2, 0.25) is 0 Å². The highest BCUT2D eigenvalue weighted by Gasteiger charge is 2.43. The molecule has 0 aliphatic carbocycles. The second kappa shape index (κ2) is 11.2. The molecule has 1 saturated heterocycles. The summed E-state index contributed by atoms with van der Waals surface area (Å²) in [6.07, 6.45) is 0.996. The van der Waals surface area contributed by atoms with Crippen LogP contribution in [-0.2, 0) is 26.0 Å². The summed E-state index contributed by atoms with van der Waals surface area (Å²) in [6.45, 7) is 10.8. The normalized spacial score (nSPS) is 19.2. The van der Waals surface area contributed by atoms with Crippen LogP contribution in [-0.4, -0.2) is 87.4 Å². The Labute approximate surface area is 214 Å². The number of nitro benzene ring substituents is 1. The Balaban J connectivity index is 2.19. The number of amides is 1. The van der Waals surface area contributed by atoms with Gasteiger partial charge in [0.25, 0.3) is 5.69 Å². The van der Waals surface area contributed by atoms with Crippen molar-refractivity contribution in [3.8, 4) is 0 Å².